The van der Waals surface area contributed by atoms with Gasteiger partial charge in [0.25, 0.3) is 0 Å². The highest BCUT2D eigenvalue weighted by molar-refractivity contribution is 6.30. The molecule has 14 heavy (non-hydrogen) atoms. The van der Waals surface area contributed by atoms with Gasteiger partial charge in [0.05, 0.1) is 0 Å². The van der Waals surface area contributed by atoms with Gasteiger partial charge < -0.3 is 5.32 Å². The number of halogens is 1. The molecule has 2 heteroatoms. The second-order valence-corrected chi connectivity index (χ2v) is 4.91. The third kappa shape index (κ3) is 1.27. The zero-order chi connectivity index (χ0) is 9.54. The molecule has 0 spiro atoms. The Morgan fingerprint density at radius 2 is 1.93 bits per heavy atom. The second kappa shape index (κ2) is 3.25. The molecule has 1 aromatic carbocycles. The second-order valence-electron chi connectivity index (χ2n) is 4.48. The van der Waals surface area contributed by atoms with Crippen molar-refractivity contribution < 1.29 is 0 Å². The third-order valence-electron chi connectivity index (χ3n) is 3.76. The molecule has 74 valence electrons. The molecule has 1 aromatic rings. The van der Waals surface area contributed by atoms with Crippen molar-refractivity contribution in [2.24, 2.45) is 11.8 Å². The van der Waals surface area contributed by atoms with Gasteiger partial charge in [0.15, 0.2) is 0 Å². The van der Waals surface area contributed by atoms with Crippen LogP contribution in [0.3, 0.4) is 0 Å². The standard InChI is InChI=1S/C12H14ClN/c13-10-3-1-8(2-4-10)11-5-9-6-14-7-12(9)11/h1-4,9,11-12,14H,5-7H2. The Morgan fingerprint density at radius 1 is 1.14 bits per heavy atom. The highest BCUT2D eigenvalue weighted by atomic mass is 35.5. The predicted octanol–water partition coefficient (Wildman–Crippen LogP) is 2.66. The van der Waals surface area contributed by atoms with Crippen LogP contribution < -0.4 is 5.32 Å². The molecule has 3 rings (SSSR count). The molecule has 1 N–H and O–H groups in total. The third-order valence-corrected chi connectivity index (χ3v) is 4.02. The Hall–Kier alpha value is -0.530. The zero-order valence-electron chi connectivity index (χ0n) is 8.04. The van der Waals surface area contributed by atoms with E-state index >= 15 is 0 Å². The number of fused-ring (bicyclic) bond motifs is 1. The van der Waals surface area contributed by atoms with Gasteiger partial charge in [-0.15, -0.1) is 0 Å². The van der Waals surface area contributed by atoms with E-state index in [0.717, 1.165) is 22.8 Å². The largest absolute Gasteiger partial charge is 0.316 e. The van der Waals surface area contributed by atoms with E-state index in [1.54, 1.807) is 0 Å². The number of benzene rings is 1. The molecule has 2 aliphatic rings. The summed E-state index contributed by atoms with van der Waals surface area (Å²) < 4.78 is 0. The van der Waals surface area contributed by atoms with E-state index in [4.69, 9.17) is 11.6 Å². The lowest BCUT2D eigenvalue weighted by molar-refractivity contribution is 0.191. The van der Waals surface area contributed by atoms with Crippen molar-refractivity contribution in [3.8, 4) is 0 Å². The average molecular weight is 208 g/mol. The fraction of sp³-hybridized carbons (Fsp3) is 0.500. The molecule has 3 atom stereocenters. The fourth-order valence-corrected chi connectivity index (χ4v) is 3.01. The topological polar surface area (TPSA) is 12.0 Å². The molecule has 1 nitrogen and oxygen atoms in total. The van der Waals surface area contributed by atoms with E-state index in [0.29, 0.717) is 0 Å². The van der Waals surface area contributed by atoms with E-state index in [-0.39, 0.29) is 0 Å². The van der Waals surface area contributed by atoms with Crippen molar-refractivity contribution in [1.29, 1.82) is 0 Å². The smallest absolute Gasteiger partial charge is 0.0406 e. The molecule has 0 bridgehead atoms. The SMILES string of the molecule is Clc1ccc(C2CC3CNCC32)cc1. The van der Waals surface area contributed by atoms with Crippen molar-refractivity contribution in [3.05, 3.63) is 34.9 Å². The minimum absolute atomic E-state index is 0.785. The molecule has 1 aliphatic carbocycles. The van der Waals surface area contributed by atoms with Gasteiger partial charge in [0, 0.05) is 5.02 Å². The average Bonchev–Trinajstić information content (AvgIpc) is 2.52. The van der Waals surface area contributed by atoms with Crippen molar-refractivity contribution in [1.82, 2.24) is 5.32 Å². The number of hydrogen-bond acceptors (Lipinski definition) is 1. The van der Waals surface area contributed by atoms with Crippen LogP contribution in [0.25, 0.3) is 0 Å². The maximum atomic E-state index is 5.88. The fourth-order valence-electron chi connectivity index (χ4n) is 2.88. The van der Waals surface area contributed by atoms with Crippen LogP contribution in [-0.2, 0) is 0 Å². The summed E-state index contributed by atoms with van der Waals surface area (Å²) in [7, 11) is 0. The minimum atomic E-state index is 0.785. The lowest BCUT2D eigenvalue weighted by atomic mass is 9.64. The summed E-state index contributed by atoms with van der Waals surface area (Å²) >= 11 is 5.88. The normalized spacial score (nSPS) is 35.1. The summed E-state index contributed by atoms with van der Waals surface area (Å²) in [5.41, 5.74) is 1.47. The summed E-state index contributed by atoms with van der Waals surface area (Å²) in [5.74, 6) is 2.61. The van der Waals surface area contributed by atoms with E-state index in [2.05, 4.69) is 17.4 Å². The Balaban J connectivity index is 1.80. The van der Waals surface area contributed by atoms with Crippen LogP contribution in [0.15, 0.2) is 24.3 Å². The lowest BCUT2D eigenvalue weighted by Crippen LogP contribution is -2.33. The first kappa shape index (κ1) is 8.75. The Kier molecular flexibility index (Phi) is 2.03. The van der Waals surface area contributed by atoms with Gasteiger partial charge in [-0.2, -0.15) is 0 Å². The van der Waals surface area contributed by atoms with Crippen molar-refractivity contribution >= 4 is 11.6 Å². The van der Waals surface area contributed by atoms with Gasteiger partial charge in [-0.3, -0.25) is 0 Å². The molecule has 0 amide bonds. The molecule has 3 unspecified atom stereocenters. The molecular weight excluding hydrogens is 194 g/mol. The van der Waals surface area contributed by atoms with Gasteiger partial charge in [-0.05, 0) is 55.0 Å². The summed E-state index contributed by atoms with van der Waals surface area (Å²) in [6.45, 7) is 2.44. The summed E-state index contributed by atoms with van der Waals surface area (Å²) in [4.78, 5) is 0. The van der Waals surface area contributed by atoms with Crippen LogP contribution in [0.1, 0.15) is 17.9 Å². The summed E-state index contributed by atoms with van der Waals surface area (Å²) in [5, 5.41) is 4.31. The highest BCUT2D eigenvalue weighted by Gasteiger charge is 2.44. The van der Waals surface area contributed by atoms with E-state index < -0.39 is 0 Å². The van der Waals surface area contributed by atoms with Crippen molar-refractivity contribution in [3.63, 3.8) is 0 Å². The molecule has 1 saturated heterocycles. The Labute approximate surface area is 89.5 Å². The molecule has 1 aliphatic heterocycles. The maximum absolute atomic E-state index is 5.88. The van der Waals surface area contributed by atoms with E-state index in [1.807, 2.05) is 12.1 Å². The summed E-state index contributed by atoms with van der Waals surface area (Å²) in [6, 6.07) is 8.38. The van der Waals surface area contributed by atoms with Gasteiger partial charge in [-0.1, -0.05) is 23.7 Å². The monoisotopic (exact) mass is 207 g/mol. The number of hydrogen-bond donors (Lipinski definition) is 1. The van der Waals surface area contributed by atoms with Crippen LogP contribution in [0, 0.1) is 11.8 Å². The molecule has 1 heterocycles. The van der Waals surface area contributed by atoms with Crippen LogP contribution in [0.2, 0.25) is 5.02 Å². The predicted molar refractivity (Wildman–Crippen MR) is 58.7 cm³/mol. The van der Waals surface area contributed by atoms with Crippen LogP contribution >= 0.6 is 11.6 Å². The molecular formula is C12H14ClN. The Morgan fingerprint density at radius 3 is 2.64 bits per heavy atom. The van der Waals surface area contributed by atoms with Gasteiger partial charge in [0.1, 0.15) is 0 Å². The van der Waals surface area contributed by atoms with Crippen LogP contribution in [0.4, 0.5) is 0 Å². The minimum Gasteiger partial charge on any atom is -0.316 e. The molecule has 2 fully saturated rings. The van der Waals surface area contributed by atoms with Gasteiger partial charge in [0.2, 0.25) is 0 Å². The molecule has 0 aromatic heterocycles. The van der Waals surface area contributed by atoms with Crippen LogP contribution in [0.5, 0.6) is 0 Å². The number of rotatable bonds is 1. The summed E-state index contributed by atoms with van der Waals surface area (Å²) in [6.07, 6.45) is 1.36. The van der Waals surface area contributed by atoms with Gasteiger partial charge in [-0.25, -0.2) is 0 Å². The number of nitrogens with one attached hydrogen (secondary N) is 1. The van der Waals surface area contributed by atoms with E-state index in [9.17, 15) is 0 Å². The highest BCUT2D eigenvalue weighted by Crippen LogP contribution is 2.48. The van der Waals surface area contributed by atoms with Gasteiger partial charge >= 0.3 is 0 Å². The first-order chi connectivity index (χ1) is 6.84. The molecule has 1 saturated carbocycles. The molecule has 0 radical (unpaired) electrons. The Bertz CT molecular complexity index is 333. The maximum Gasteiger partial charge on any atom is 0.0406 e. The quantitative estimate of drug-likeness (QED) is 0.747. The lowest BCUT2D eigenvalue weighted by Gasteiger charge is -2.40. The first-order valence-corrected chi connectivity index (χ1v) is 5.68. The van der Waals surface area contributed by atoms with Crippen molar-refractivity contribution in [2.45, 2.75) is 12.3 Å². The van der Waals surface area contributed by atoms with Crippen molar-refractivity contribution in [2.75, 3.05) is 13.1 Å². The first-order valence-electron chi connectivity index (χ1n) is 5.31. The zero-order valence-corrected chi connectivity index (χ0v) is 8.80. The van der Waals surface area contributed by atoms with E-state index in [1.165, 1.54) is 25.1 Å². The van der Waals surface area contributed by atoms with Crippen LogP contribution in [-0.4, -0.2) is 13.1 Å².